The van der Waals surface area contributed by atoms with E-state index in [1.807, 2.05) is 12.1 Å². The minimum atomic E-state index is 0.393. The summed E-state index contributed by atoms with van der Waals surface area (Å²) in [5.41, 5.74) is 1.06. The first-order valence-corrected chi connectivity index (χ1v) is 6.22. The van der Waals surface area contributed by atoms with Gasteiger partial charge in [0.2, 0.25) is 0 Å². The van der Waals surface area contributed by atoms with Crippen molar-refractivity contribution >= 4 is 22.5 Å². The fourth-order valence-electron chi connectivity index (χ4n) is 1.87. The maximum absolute atomic E-state index is 9.06. The van der Waals surface area contributed by atoms with Gasteiger partial charge in [0.15, 0.2) is 11.5 Å². The van der Waals surface area contributed by atoms with Crippen LogP contribution >= 0.6 is 11.6 Å². The molecule has 0 aliphatic heterocycles. The Kier molecular flexibility index (Phi) is 3.20. The maximum Gasteiger partial charge on any atom is 0.163 e. The van der Waals surface area contributed by atoms with E-state index in [1.54, 1.807) is 30.6 Å². The van der Waals surface area contributed by atoms with Gasteiger partial charge in [0.25, 0.3) is 0 Å². The van der Waals surface area contributed by atoms with Crippen molar-refractivity contribution in [2.75, 3.05) is 0 Å². The van der Waals surface area contributed by atoms with E-state index in [9.17, 15) is 0 Å². The highest BCUT2D eigenvalue weighted by Crippen LogP contribution is 2.33. The Bertz CT molecular complexity index is 827. The second kappa shape index (κ2) is 5.16. The third-order valence-electron chi connectivity index (χ3n) is 2.80. The lowest BCUT2D eigenvalue weighted by atomic mass is 10.2. The zero-order chi connectivity index (χ0) is 13.9. The Morgan fingerprint density at radius 3 is 2.85 bits per heavy atom. The number of benzene rings is 1. The molecule has 4 nitrogen and oxygen atoms in total. The lowest BCUT2D eigenvalue weighted by Gasteiger charge is -2.09. The molecule has 2 heterocycles. The number of fused-ring (bicyclic) bond motifs is 1. The standard InChI is InChI=1S/C15H8ClN3O/c16-12-3-4-13(15-11(12)2-1-6-19-15)20-14-9-18-7-5-10(14)8-17/h1-7,9H. The van der Waals surface area contributed by atoms with Gasteiger partial charge in [0.1, 0.15) is 11.6 Å². The van der Waals surface area contributed by atoms with E-state index in [-0.39, 0.29) is 0 Å². The number of nitrogens with zero attached hydrogens (tertiary/aromatic N) is 3. The smallest absolute Gasteiger partial charge is 0.163 e. The molecule has 0 aliphatic carbocycles. The van der Waals surface area contributed by atoms with E-state index in [4.69, 9.17) is 21.6 Å². The van der Waals surface area contributed by atoms with Gasteiger partial charge < -0.3 is 4.74 Å². The molecule has 3 aromatic rings. The SMILES string of the molecule is N#Cc1ccncc1Oc1ccc(Cl)c2cccnc12. The summed E-state index contributed by atoms with van der Waals surface area (Å²) in [5, 5.41) is 10.5. The van der Waals surface area contributed by atoms with Crippen LogP contribution in [0.25, 0.3) is 10.9 Å². The van der Waals surface area contributed by atoms with Crippen molar-refractivity contribution in [3.8, 4) is 17.6 Å². The van der Waals surface area contributed by atoms with Crippen LogP contribution in [0.1, 0.15) is 5.56 Å². The minimum absolute atomic E-state index is 0.393. The normalized spacial score (nSPS) is 10.2. The second-order valence-corrected chi connectivity index (χ2v) is 4.44. The molecule has 2 aromatic heterocycles. The van der Waals surface area contributed by atoms with Crippen LogP contribution < -0.4 is 4.74 Å². The summed E-state index contributed by atoms with van der Waals surface area (Å²) in [6, 6.07) is 10.8. The third kappa shape index (κ3) is 2.15. The van der Waals surface area contributed by atoms with Crippen LogP contribution in [-0.2, 0) is 0 Å². The number of hydrogen-bond donors (Lipinski definition) is 0. The molecule has 0 saturated carbocycles. The molecule has 20 heavy (non-hydrogen) atoms. The molecule has 0 aliphatic rings. The quantitative estimate of drug-likeness (QED) is 0.714. The van der Waals surface area contributed by atoms with Crippen LogP contribution in [0.15, 0.2) is 48.9 Å². The number of hydrogen-bond acceptors (Lipinski definition) is 4. The number of aromatic nitrogens is 2. The lowest BCUT2D eigenvalue weighted by Crippen LogP contribution is -1.91. The predicted octanol–water partition coefficient (Wildman–Crippen LogP) is 3.95. The van der Waals surface area contributed by atoms with Gasteiger partial charge in [-0.05, 0) is 30.3 Å². The molecule has 96 valence electrons. The van der Waals surface area contributed by atoms with Crippen molar-refractivity contribution in [3.63, 3.8) is 0 Å². The van der Waals surface area contributed by atoms with E-state index < -0.39 is 0 Å². The Hall–Kier alpha value is -2.64. The topological polar surface area (TPSA) is 58.8 Å². The number of nitriles is 1. The molecule has 3 rings (SSSR count). The summed E-state index contributed by atoms with van der Waals surface area (Å²) in [5.74, 6) is 0.929. The molecule has 0 bridgehead atoms. The largest absolute Gasteiger partial charge is 0.452 e. The van der Waals surface area contributed by atoms with E-state index in [0.717, 1.165) is 5.39 Å². The van der Waals surface area contributed by atoms with Crippen molar-refractivity contribution in [3.05, 3.63) is 59.5 Å². The first kappa shape index (κ1) is 12.4. The summed E-state index contributed by atoms with van der Waals surface area (Å²) in [4.78, 5) is 8.25. The maximum atomic E-state index is 9.06. The average molecular weight is 282 g/mol. The van der Waals surface area contributed by atoms with Crippen molar-refractivity contribution in [2.24, 2.45) is 0 Å². The Morgan fingerprint density at radius 2 is 2.00 bits per heavy atom. The summed E-state index contributed by atoms with van der Waals surface area (Å²) in [6.45, 7) is 0. The van der Waals surface area contributed by atoms with Gasteiger partial charge in [-0.3, -0.25) is 9.97 Å². The monoisotopic (exact) mass is 281 g/mol. The van der Waals surface area contributed by atoms with Gasteiger partial charge in [-0.25, -0.2) is 0 Å². The third-order valence-corrected chi connectivity index (χ3v) is 3.13. The van der Waals surface area contributed by atoms with Crippen LogP contribution in [0, 0.1) is 11.3 Å². The second-order valence-electron chi connectivity index (χ2n) is 4.03. The zero-order valence-corrected chi connectivity index (χ0v) is 11.0. The highest BCUT2D eigenvalue weighted by Gasteiger charge is 2.10. The van der Waals surface area contributed by atoms with Crippen molar-refractivity contribution < 1.29 is 4.74 Å². The molecular formula is C15H8ClN3O. The molecular weight excluding hydrogens is 274 g/mol. The average Bonchev–Trinajstić information content (AvgIpc) is 2.51. The zero-order valence-electron chi connectivity index (χ0n) is 10.2. The summed E-state index contributed by atoms with van der Waals surface area (Å²) in [7, 11) is 0. The number of halogens is 1. The van der Waals surface area contributed by atoms with Gasteiger partial charge in [0, 0.05) is 17.8 Å². The van der Waals surface area contributed by atoms with Crippen LogP contribution in [0.2, 0.25) is 5.02 Å². The fraction of sp³-hybridized carbons (Fsp3) is 0. The van der Waals surface area contributed by atoms with Crippen LogP contribution in [-0.4, -0.2) is 9.97 Å². The van der Waals surface area contributed by atoms with E-state index >= 15 is 0 Å². The summed E-state index contributed by atoms with van der Waals surface area (Å²) < 4.78 is 5.76. The van der Waals surface area contributed by atoms with E-state index in [2.05, 4.69) is 16.0 Å². The Balaban J connectivity index is 2.12. The lowest BCUT2D eigenvalue weighted by molar-refractivity contribution is 0.483. The molecule has 0 fully saturated rings. The first-order valence-electron chi connectivity index (χ1n) is 5.85. The van der Waals surface area contributed by atoms with Crippen molar-refractivity contribution in [1.29, 1.82) is 5.26 Å². The van der Waals surface area contributed by atoms with Crippen LogP contribution in [0.4, 0.5) is 0 Å². The molecule has 0 N–H and O–H groups in total. The van der Waals surface area contributed by atoms with E-state index in [0.29, 0.717) is 27.6 Å². The van der Waals surface area contributed by atoms with Crippen LogP contribution in [0.5, 0.6) is 11.5 Å². The molecule has 0 atom stereocenters. The first-order chi connectivity index (χ1) is 9.79. The molecule has 0 saturated heterocycles. The van der Waals surface area contributed by atoms with Gasteiger partial charge in [-0.1, -0.05) is 11.6 Å². The number of rotatable bonds is 2. The molecule has 0 unspecified atom stereocenters. The Morgan fingerprint density at radius 1 is 1.10 bits per heavy atom. The number of pyridine rings is 2. The highest BCUT2D eigenvalue weighted by atomic mass is 35.5. The molecule has 0 radical (unpaired) electrons. The van der Waals surface area contributed by atoms with Crippen molar-refractivity contribution in [2.45, 2.75) is 0 Å². The predicted molar refractivity (Wildman–Crippen MR) is 75.8 cm³/mol. The van der Waals surface area contributed by atoms with Gasteiger partial charge in [0.05, 0.1) is 16.8 Å². The summed E-state index contributed by atoms with van der Waals surface area (Å²) in [6.07, 6.45) is 4.71. The van der Waals surface area contributed by atoms with Gasteiger partial charge in [-0.2, -0.15) is 5.26 Å². The Labute approximate surface area is 120 Å². The fourth-order valence-corrected chi connectivity index (χ4v) is 2.08. The molecule has 0 spiro atoms. The van der Waals surface area contributed by atoms with Gasteiger partial charge >= 0.3 is 0 Å². The molecule has 5 heteroatoms. The van der Waals surface area contributed by atoms with Gasteiger partial charge in [-0.15, -0.1) is 0 Å². The molecule has 0 amide bonds. The highest BCUT2D eigenvalue weighted by molar-refractivity contribution is 6.35. The van der Waals surface area contributed by atoms with Crippen LogP contribution in [0.3, 0.4) is 0 Å². The summed E-state index contributed by atoms with van der Waals surface area (Å²) >= 11 is 6.13. The molecule has 1 aromatic carbocycles. The van der Waals surface area contributed by atoms with E-state index in [1.165, 1.54) is 6.20 Å². The minimum Gasteiger partial charge on any atom is -0.452 e. The number of ether oxygens (including phenoxy) is 1. The van der Waals surface area contributed by atoms with Crippen molar-refractivity contribution in [1.82, 2.24) is 9.97 Å².